The molecule has 0 aliphatic carbocycles. The molecule has 1 aromatic rings. The van der Waals surface area contributed by atoms with Crippen LogP contribution in [-0.2, 0) is 22.4 Å². The summed E-state index contributed by atoms with van der Waals surface area (Å²) >= 11 is 0. The Bertz CT molecular complexity index is 731. The first-order valence-electron chi connectivity index (χ1n) is 11.9. The van der Waals surface area contributed by atoms with E-state index in [4.69, 9.17) is 0 Å². The van der Waals surface area contributed by atoms with Crippen LogP contribution in [0.4, 0.5) is 0 Å². The van der Waals surface area contributed by atoms with Crippen LogP contribution in [0, 0.1) is 24.7 Å². The van der Waals surface area contributed by atoms with Crippen LogP contribution < -0.4 is 0 Å². The Morgan fingerprint density at radius 1 is 0.710 bits per heavy atom. The molecule has 0 bridgehead atoms. The number of aliphatic carboxylic acids is 2. The van der Waals surface area contributed by atoms with Crippen LogP contribution >= 0.6 is 0 Å². The number of rotatable bonds is 15. The van der Waals surface area contributed by atoms with Crippen molar-refractivity contribution in [2.24, 2.45) is 10.8 Å². The second kappa shape index (κ2) is 12.3. The topological polar surface area (TPSA) is 74.6 Å². The molecule has 4 nitrogen and oxygen atoms in total. The second-order valence-corrected chi connectivity index (χ2v) is 10.5. The van der Waals surface area contributed by atoms with Gasteiger partial charge >= 0.3 is 11.9 Å². The Hall–Kier alpha value is -1.84. The monoisotopic (exact) mass is 432 g/mol. The zero-order chi connectivity index (χ0) is 23.7. The minimum absolute atomic E-state index is 0.624. The van der Waals surface area contributed by atoms with Crippen LogP contribution in [0.25, 0.3) is 0 Å². The predicted molar refractivity (Wildman–Crippen MR) is 128 cm³/mol. The number of benzene rings is 1. The van der Waals surface area contributed by atoms with Gasteiger partial charge in [-0.15, -0.1) is 0 Å². The average Bonchev–Trinajstić information content (AvgIpc) is 2.68. The summed E-state index contributed by atoms with van der Waals surface area (Å²) in [5, 5.41) is 18.5. The molecule has 0 heterocycles. The molecule has 0 saturated heterocycles. The highest BCUT2D eigenvalue weighted by molar-refractivity contribution is 5.73. The summed E-state index contributed by atoms with van der Waals surface area (Å²) in [6.45, 7) is 11.6. The molecule has 0 unspecified atom stereocenters. The molecule has 0 aromatic heterocycles. The Labute approximate surface area is 189 Å². The van der Waals surface area contributed by atoms with Crippen molar-refractivity contribution in [1.82, 2.24) is 0 Å². The quantitative estimate of drug-likeness (QED) is 0.289. The Kier molecular flexibility index (Phi) is 10.8. The van der Waals surface area contributed by atoms with E-state index in [1.54, 1.807) is 27.7 Å². The molecule has 1 rings (SSSR count). The van der Waals surface area contributed by atoms with E-state index < -0.39 is 22.8 Å². The van der Waals surface area contributed by atoms with Gasteiger partial charge in [0.2, 0.25) is 0 Å². The Balaban J connectivity index is 2.49. The highest BCUT2D eigenvalue weighted by atomic mass is 16.4. The average molecular weight is 433 g/mol. The summed E-state index contributed by atoms with van der Waals surface area (Å²) in [4.78, 5) is 22.5. The summed E-state index contributed by atoms with van der Waals surface area (Å²) in [5.41, 5.74) is 4.39. The number of hydrogen-bond donors (Lipinski definition) is 2. The fourth-order valence-electron chi connectivity index (χ4n) is 4.01. The van der Waals surface area contributed by atoms with E-state index in [0.29, 0.717) is 0 Å². The van der Waals surface area contributed by atoms with Crippen molar-refractivity contribution in [3.63, 3.8) is 0 Å². The fraction of sp³-hybridized carbons (Fsp3) is 0.704. The lowest BCUT2D eigenvalue weighted by atomic mass is 9.86. The number of carboxylic acids is 2. The predicted octanol–water partition coefficient (Wildman–Crippen LogP) is 7.12. The zero-order valence-electron chi connectivity index (χ0n) is 20.6. The lowest BCUT2D eigenvalue weighted by molar-refractivity contribution is -0.148. The first-order chi connectivity index (χ1) is 14.4. The maximum Gasteiger partial charge on any atom is 0.309 e. The van der Waals surface area contributed by atoms with Crippen LogP contribution in [0.5, 0.6) is 0 Å². The molecular weight excluding hydrogens is 388 g/mol. The van der Waals surface area contributed by atoms with Gasteiger partial charge in [0.1, 0.15) is 0 Å². The molecule has 4 heteroatoms. The molecule has 1 aromatic carbocycles. The summed E-state index contributed by atoms with van der Waals surface area (Å²) < 4.78 is 0. The van der Waals surface area contributed by atoms with Gasteiger partial charge in [-0.3, -0.25) is 9.59 Å². The van der Waals surface area contributed by atoms with Crippen molar-refractivity contribution in [1.29, 1.82) is 0 Å². The van der Waals surface area contributed by atoms with Crippen molar-refractivity contribution in [3.05, 3.63) is 34.4 Å². The molecule has 0 aliphatic rings. The molecule has 0 fully saturated rings. The molecule has 0 aliphatic heterocycles. The lowest BCUT2D eigenvalue weighted by Gasteiger charge is -2.19. The van der Waals surface area contributed by atoms with E-state index in [1.165, 1.54) is 22.3 Å². The van der Waals surface area contributed by atoms with Gasteiger partial charge in [0.05, 0.1) is 10.8 Å². The van der Waals surface area contributed by atoms with Gasteiger partial charge in [-0.05, 0) is 102 Å². The van der Waals surface area contributed by atoms with Gasteiger partial charge in [-0.1, -0.05) is 44.2 Å². The SMILES string of the molecule is Cc1ccc(CCCCCCC(C)(C)C(=O)O)c(CCCCCC(C)(C)C(=O)O)c1C. The van der Waals surface area contributed by atoms with E-state index in [2.05, 4.69) is 26.0 Å². The summed E-state index contributed by atoms with van der Waals surface area (Å²) in [6, 6.07) is 4.50. The Morgan fingerprint density at radius 2 is 1.16 bits per heavy atom. The van der Waals surface area contributed by atoms with Gasteiger partial charge in [-0.2, -0.15) is 0 Å². The van der Waals surface area contributed by atoms with Crippen LogP contribution in [0.2, 0.25) is 0 Å². The standard InChI is InChI=1S/C27H44O4/c1-20-16-17-22(14-10-7-8-12-18-26(3,4)24(28)29)23(21(20)2)15-11-9-13-19-27(5,6)25(30)31/h16-17H,7-15,18-19H2,1-6H3,(H,28,29)(H,30,31). The first kappa shape index (κ1) is 27.2. The molecule has 0 amide bonds. The maximum atomic E-state index is 11.3. The highest BCUT2D eigenvalue weighted by Gasteiger charge is 2.26. The molecule has 0 spiro atoms. The van der Waals surface area contributed by atoms with Gasteiger partial charge in [0, 0.05) is 0 Å². The van der Waals surface area contributed by atoms with Gasteiger partial charge < -0.3 is 10.2 Å². The van der Waals surface area contributed by atoms with Crippen LogP contribution in [0.3, 0.4) is 0 Å². The molecule has 0 saturated carbocycles. The van der Waals surface area contributed by atoms with E-state index >= 15 is 0 Å². The molecule has 31 heavy (non-hydrogen) atoms. The van der Waals surface area contributed by atoms with E-state index in [1.807, 2.05) is 0 Å². The largest absolute Gasteiger partial charge is 0.481 e. The summed E-state index contributed by atoms with van der Waals surface area (Å²) in [6.07, 6.45) is 11.0. The molecular formula is C27H44O4. The van der Waals surface area contributed by atoms with Crippen molar-refractivity contribution >= 4 is 11.9 Å². The van der Waals surface area contributed by atoms with Crippen molar-refractivity contribution in [3.8, 4) is 0 Å². The van der Waals surface area contributed by atoms with E-state index in [9.17, 15) is 19.8 Å². The van der Waals surface area contributed by atoms with E-state index in [-0.39, 0.29) is 0 Å². The fourth-order valence-corrected chi connectivity index (χ4v) is 4.01. The number of unbranched alkanes of at least 4 members (excludes halogenated alkanes) is 5. The van der Waals surface area contributed by atoms with Crippen molar-refractivity contribution in [2.45, 2.75) is 112 Å². The summed E-state index contributed by atoms with van der Waals surface area (Å²) in [5.74, 6) is -1.42. The smallest absolute Gasteiger partial charge is 0.309 e. The number of carboxylic acid groups (broad SMARTS) is 2. The van der Waals surface area contributed by atoms with Gasteiger partial charge in [-0.25, -0.2) is 0 Å². The third kappa shape index (κ3) is 9.04. The van der Waals surface area contributed by atoms with Crippen molar-refractivity contribution < 1.29 is 19.8 Å². The number of carbonyl (C=O) groups is 2. The third-order valence-electron chi connectivity index (χ3n) is 6.85. The molecule has 0 atom stereocenters. The Morgan fingerprint density at radius 3 is 1.68 bits per heavy atom. The first-order valence-corrected chi connectivity index (χ1v) is 11.9. The highest BCUT2D eigenvalue weighted by Crippen LogP contribution is 2.27. The lowest BCUT2D eigenvalue weighted by Crippen LogP contribution is -2.23. The van der Waals surface area contributed by atoms with Gasteiger partial charge in [0.15, 0.2) is 0 Å². The molecule has 2 N–H and O–H groups in total. The van der Waals surface area contributed by atoms with E-state index in [0.717, 1.165) is 70.6 Å². The molecule has 0 radical (unpaired) electrons. The molecule has 176 valence electrons. The minimum Gasteiger partial charge on any atom is -0.481 e. The zero-order valence-corrected chi connectivity index (χ0v) is 20.6. The maximum absolute atomic E-state index is 11.3. The number of hydrogen-bond acceptors (Lipinski definition) is 2. The minimum atomic E-state index is -0.712. The number of aryl methyl sites for hydroxylation is 2. The van der Waals surface area contributed by atoms with Crippen LogP contribution in [0.1, 0.15) is 108 Å². The third-order valence-corrected chi connectivity index (χ3v) is 6.85. The summed E-state index contributed by atoms with van der Waals surface area (Å²) in [7, 11) is 0. The second-order valence-electron chi connectivity index (χ2n) is 10.5. The van der Waals surface area contributed by atoms with Crippen molar-refractivity contribution in [2.75, 3.05) is 0 Å². The normalized spacial score (nSPS) is 12.2. The van der Waals surface area contributed by atoms with Crippen LogP contribution in [0.15, 0.2) is 12.1 Å². The van der Waals surface area contributed by atoms with Gasteiger partial charge in [0.25, 0.3) is 0 Å². The van der Waals surface area contributed by atoms with Crippen LogP contribution in [-0.4, -0.2) is 22.2 Å².